The molecule has 8 atom stereocenters. The molecule has 0 saturated carbocycles. The molecule has 74 heavy (non-hydrogen) atoms. The lowest BCUT2D eigenvalue weighted by Crippen LogP contribution is -2.63. The van der Waals surface area contributed by atoms with E-state index in [1.54, 1.807) is 27.7 Å². The van der Waals surface area contributed by atoms with Crippen molar-refractivity contribution in [2.75, 3.05) is 53.3 Å². The minimum absolute atomic E-state index is 0.0236. The fourth-order valence-corrected chi connectivity index (χ4v) is 9.20. The lowest BCUT2D eigenvalue weighted by Gasteiger charge is -2.46. The maximum atomic E-state index is 13.9. The first-order valence-electron chi connectivity index (χ1n) is 22.9. The molecular formula is C52H56N2O20. The number of carbonyl (C=O) groups excluding carboxylic acids is 2. The van der Waals surface area contributed by atoms with Gasteiger partial charge >= 0.3 is 11.3 Å². The van der Waals surface area contributed by atoms with E-state index in [1.807, 2.05) is 0 Å². The van der Waals surface area contributed by atoms with Crippen LogP contribution in [0.1, 0.15) is 48.4 Å². The van der Waals surface area contributed by atoms with Gasteiger partial charge in [0.05, 0.1) is 39.6 Å². The molecule has 0 aliphatic carbocycles. The van der Waals surface area contributed by atoms with Crippen LogP contribution in [0, 0.1) is 0 Å². The normalized spacial score (nSPS) is 23.2. The summed E-state index contributed by atoms with van der Waals surface area (Å²) in [6.45, 7) is 6.67. The predicted octanol–water partition coefficient (Wildman–Crippen LogP) is 4.61. The van der Waals surface area contributed by atoms with Gasteiger partial charge in [0.2, 0.25) is 24.1 Å². The largest absolute Gasteiger partial charge is 0.496 e. The summed E-state index contributed by atoms with van der Waals surface area (Å²) in [5.74, 6) is -0.878. The maximum Gasteiger partial charge on any atom is 0.360 e. The van der Waals surface area contributed by atoms with E-state index in [2.05, 4.69) is 10.6 Å². The molecule has 394 valence electrons. The zero-order valence-corrected chi connectivity index (χ0v) is 41.9. The molecule has 2 fully saturated rings. The van der Waals surface area contributed by atoms with Crippen LogP contribution < -0.4 is 50.3 Å². The number of ether oxygens (including phenoxy) is 10. The highest BCUT2D eigenvalue weighted by molar-refractivity contribution is 6.08. The molecule has 2 aliphatic heterocycles. The summed E-state index contributed by atoms with van der Waals surface area (Å²) >= 11 is 0. The Bertz CT molecular complexity index is 3010. The molecule has 0 spiro atoms. The number of rotatable bonds is 15. The topological polar surface area (TPSA) is 292 Å². The van der Waals surface area contributed by atoms with Crippen LogP contribution in [0.15, 0.2) is 91.2 Å². The van der Waals surface area contributed by atoms with E-state index in [1.165, 1.54) is 115 Å². The maximum absolute atomic E-state index is 13.9. The van der Waals surface area contributed by atoms with Crippen LogP contribution in [-0.4, -0.2) is 135 Å². The fourth-order valence-electron chi connectivity index (χ4n) is 9.20. The van der Waals surface area contributed by atoms with Crippen molar-refractivity contribution in [1.29, 1.82) is 0 Å². The van der Waals surface area contributed by atoms with Gasteiger partial charge in [-0.3, -0.25) is 9.59 Å². The van der Waals surface area contributed by atoms with E-state index in [4.69, 9.17) is 56.2 Å². The number of aliphatic hydroxyl groups excluding tert-OH is 4. The molecule has 4 aromatic carbocycles. The standard InChI is InChI=1S/C52H56N2O20/c1-51(2)43(67-9)35(55)37(57)49(73-51)69-33-17-11-23-21-29(47(61)71-39(23)41(33)65-7)53-45(59)25-13-15-31(63-5)27(19-25)28-20-26(14-16-32(28)64-6)46(60)54-30-22-24-12-18-34(42(66-8)40(24)72-48(30)62)70-50-38(58)36(56)44(68-10)52(3,4)74-50/h11-22,35-38,43-44,49-50,55-58H,1-10H3,(H,53,59)(H,54,60)/t35-,36-,37+,38+,43+,44+,49+,50+/m0/s1. The highest BCUT2D eigenvalue weighted by Gasteiger charge is 2.52. The van der Waals surface area contributed by atoms with Crippen LogP contribution in [0.5, 0.6) is 34.5 Å². The number of anilines is 2. The molecule has 2 amide bonds. The summed E-state index contributed by atoms with van der Waals surface area (Å²) in [5.41, 5.74) is -3.81. The Morgan fingerprint density at radius 2 is 0.865 bits per heavy atom. The van der Waals surface area contributed by atoms with E-state index in [0.717, 1.165) is 0 Å². The number of amides is 2. The van der Waals surface area contributed by atoms with Gasteiger partial charge in [-0.1, -0.05) is 0 Å². The molecule has 2 aromatic heterocycles. The summed E-state index contributed by atoms with van der Waals surface area (Å²) < 4.78 is 68.2. The van der Waals surface area contributed by atoms with Crippen LogP contribution in [0.2, 0.25) is 0 Å². The number of nitrogens with one attached hydrogen (secondary N) is 2. The van der Waals surface area contributed by atoms with Gasteiger partial charge < -0.3 is 87.3 Å². The first kappa shape index (κ1) is 53.0. The molecule has 0 bridgehead atoms. The number of hydrogen-bond acceptors (Lipinski definition) is 20. The lowest BCUT2D eigenvalue weighted by molar-refractivity contribution is -0.306. The molecule has 6 aromatic rings. The average Bonchev–Trinajstić information content (AvgIpc) is 3.37. The zero-order valence-electron chi connectivity index (χ0n) is 41.9. The summed E-state index contributed by atoms with van der Waals surface area (Å²) in [7, 11) is 8.23. The smallest absolute Gasteiger partial charge is 0.360 e. The number of hydrogen-bond donors (Lipinski definition) is 6. The van der Waals surface area contributed by atoms with Crippen molar-refractivity contribution in [2.24, 2.45) is 0 Å². The third-order valence-corrected chi connectivity index (χ3v) is 12.8. The van der Waals surface area contributed by atoms with E-state index in [-0.39, 0.29) is 68.2 Å². The van der Waals surface area contributed by atoms with Crippen molar-refractivity contribution in [1.82, 2.24) is 0 Å². The number of fused-ring (bicyclic) bond motifs is 2. The zero-order chi connectivity index (χ0) is 53.6. The van der Waals surface area contributed by atoms with Crippen LogP contribution >= 0.6 is 0 Å². The van der Waals surface area contributed by atoms with Gasteiger partial charge in [-0.05, 0) is 100 Å². The molecule has 22 heteroatoms. The van der Waals surface area contributed by atoms with Crippen molar-refractivity contribution in [3.63, 3.8) is 0 Å². The number of benzene rings is 4. The Morgan fingerprint density at radius 3 is 1.20 bits per heavy atom. The van der Waals surface area contributed by atoms with Crippen molar-refractivity contribution in [2.45, 2.75) is 88.1 Å². The van der Waals surface area contributed by atoms with Gasteiger partial charge in [0.1, 0.15) is 59.5 Å². The van der Waals surface area contributed by atoms with E-state index < -0.39 is 83.5 Å². The van der Waals surface area contributed by atoms with Crippen LogP contribution in [0.25, 0.3) is 33.1 Å². The molecule has 8 rings (SSSR count). The molecule has 6 N–H and O–H groups in total. The van der Waals surface area contributed by atoms with Crippen LogP contribution in [0.3, 0.4) is 0 Å². The molecule has 4 heterocycles. The Labute approximate surface area is 422 Å². The van der Waals surface area contributed by atoms with Crippen LogP contribution in [-0.2, 0) is 18.9 Å². The van der Waals surface area contributed by atoms with Gasteiger partial charge in [-0.15, -0.1) is 0 Å². The molecule has 0 radical (unpaired) electrons. The quantitative estimate of drug-likeness (QED) is 0.0766. The Kier molecular flexibility index (Phi) is 15.0. The van der Waals surface area contributed by atoms with Gasteiger partial charge in [0.15, 0.2) is 22.7 Å². The van der Waals surface area contributed by atoms with Crippen molar-refractivity contribution < 1.29 is 86.2 Å². The summed E-state index contributed by atoms with van der Waals surface area (Å²) in [6, 6.07) is 17.7. The van der Waals surface area contributed by atoms with E-state index in [0.29, 0.717) is 21.9 Å². The second-order valence-electron chi connectivity index (χ2n) is 18.4. The third-order valence-electron chi connectivity index (χ3n) is 12.8. The summed E-state index contributed by atoms with van der Waals surface area (Å²) in [6.07, 6.45) is -10.2. The van der Waals surface area contributed by atoms with Crippen molar-refractivity contribution in [3.8, 4) is 45.6 Å². The lowest BCUT2D eigenvalue weighted by atomic mass is 9.89. The minimum Gasteiger partial charge on any atom is -0.496 e. The van der Waals surface area contributed by atoms with Crippen LogP contribution in [0.4, 0.5) is 11.4 Å². The summed E-state index contributed by atoms with van der Waals surface area (Å²) in [5, 5.41) is 48.9. The van der Waals surface area contributed by atoms with Crippen molar-refractivity contribution in [3.05, 3.63) is 105 Å². The average molecular weight is 1030 g/mol. The Hall–Kier alpha value is -7.28. The number of aliphatic hydroxyl groups is 4. The number of methoxy groups -OCH3 is 6. The summed E-state index contributed by atoms with van der Waals surface area (Å²) in [4.78, 5) is 54.7. The first-order valence-corrected chi connectivity index (χ1v) is 22.9. The second-order valence-corrected chi connectivity index (χ2v) is 18.4. The van der Waals surface area contributed by atoms with E-state index >= 15 is 0 Å². The predicted molar refractivity (Wildman–Crippen MR) is 264 cm³/mol. The van der Waals surface area contributed by atoms with Gasteiger partial charge in [0.25, 0.3) is 11.8 Å². The van der Waals surface area contributed by atoms with Gasteiger partial charge in [0, 0.05) is 47.2 Å². The molecule has 2 saturated heterocycles. The first-order chi connectivity index (χ1) is 35.2. The third kappa shape index (κ3) is 9.92. The monoisotopic (exact) mass is 1030 g/mol. The minimum atomic E-state index is -1.52. The Balaban J connectivity index is 1.02. The second kappa shape index (κ2) is 20.9. The molecule has 0 unspecified atom stereocenters. The molecular weight excluding hydrogens is 973 g/mol. The Morgan fingerprint density at radius 1 is 0.500 bits per heavy atom. The SMILES string of the molecule is COc1ccc(C(=O)Nc2cc3ccc(O[C@@H]4OC(C)(C)[C@H](OC)[C@@H](O)[C@H]4O)c(OC)c3oc2=O)cc1-c1cc(C(=O)Nc2cc3ccc(O[C@@H]4OC(C)(C)[C@H](OC)[C@@H](O)[C@H]4O)c(OC)c3oc2=O)ccc1OC. The van der Waals surface area contributed by atoms with Gasteiger partial charge in [-0.25, -0.2) is 9.59 Å². The molecule has 2 aliphatic rings. The fraction of sp³-hybridized carbons (Fsp3) is 0.385. The number of carbonyl (C=O) groups is 2. The highest BCUT2D eigenvalue weighted by atomic mass is 16.7. The highest BCUT2D eigenvalue weighted by Crippen LogP contribution is 2.42. The van der Waals surface area contributed by atoms with E-state index in [9.17, 15) is 39.6 Å². The van der Waals surface area contributed by atoms with Gasteiger partial charge in [-0.2, -0.15) is 0 Å². The molecule has 22 nitrogen and oxygen atoms in total. The van der Waals surface area contributed by atoms with Crippen molar-refractivity contribution >= 4 is 45.1 Å².